The van der Waals surface area contributed by atoms with Crippen LogP contribution in [0.5, 0.6) is 5.75 Å². The fraction of sp³-hybridized carbons (Fsp3) is 0.250. The number of carbonyl (C=O) groups is 1. The highest BCUT2D eigenvalue weighted by molar-refractivity contribution is 8.03. The maximum Gasteiger partial charge on any atom is 0.254 e. The lowest BCUT2D eigenvalue weighted by Crippen LogP contribution is -2.31. The number of dihydropyridines is 1. The summed E-state index contributed by atoms with van der Waals surface area (Å²) in [6.45, 7) is 3.78. The topological polar surface area (TPSA) is 74.2 Å². The van der Waals surface area contributed by atoms with Crippen LogP contribution >= 0.6 is 23.4 Å². The van der Waals surface area contributed by atoms with Crippen LogP contribution in [0.15, 0.2) is 64.3 Å². The minimum absolute atomic E-state index is 0.214. The van der Waals surface area contributed by atoms with Gasteiger partial charge < -0.3 is 15.4 Å². The molecule has 0 radical (unpaired) electrons. The number of benzene rings is 2. The predicted octanol–water partition coefficient (Wildman–Crippen LogP) is 5.97. The minimum atomic E-state index is -0.882. The number of methoxy groups -OCH3 is 1. The number of anilines is 1. The number of hydrogen-bond acceptors (Lipinski definition) is 5. The van der Waals surface area contributed by atoms with Gasteiger partial charge in [-0.2, -0.15) is 5.26 Å². The van der Waals surface area contributed by atoms with Crippen molar-refractivity contribution in [2.24, 2.45) is 0 Å². The van der Waals surface area contributed by atoms with Crippen LogP contribution in [0.25, 0.3) is 0 Å². The molecule has 8 heteroatoms. The minimum Gasteiger partial charge on any atom is -0.495 e. The van der Waals surface area contributed by atoms with Gasteiger partial charge in [0.15, 0.2) is 0 Å². The molecule has 3 rings (SSSR count). The zero-order valence-electron chi connectivity index (χ0n) is 18.0. The van der Waals surface area contributed by atoms with E-state index in [2.05, 4.69) is 16.7 Å². The van der Waals surface area contributed by atoms with Gasteiger partial charge in [0.25, 0.3) is 5.91 Å². The average molecular weight is 472 g/mol. The summed E-state index contributed by atoms with van der Waals surface area (Å²) in [6.07, 6.45) is 0.901. The third-order valence-corrected chi connectivity index (χ3v) is 6.43. The summed E-state index contributed by atoms with van der Waals surface area (Å²) in [7, 11) is 1.51. The van der Waals surface area contributed by atoms with Gasteiger partial charge in [0.05, 0.1) is 35.4 Å². The highest BCUT2D eigenvalue weighted by atomic mass is 35.5. The Morgan fingerprint density at radius 1 is 1.34 bits per heavy atom. The molecule has 5 nitrogen and oxygen atoms in total. The highest BCUT2D eigenvalue weighted by Crippen LogP contribution is 2.42. The lowest BCUT2D eigenvalue weighted by Gasteiger charge is -2.30. The Morgan fingerprint density at radius 3 is 2.75 bits per heavy atom. The summed E-state index contributed by atoms with van der Waals surface area (Å²) in [4.78, 5) is 13.4. The van der Waals surface area contributed by atoms with Gasteiger partial charge >= 0.3 is 0 Å². The normalized spacial score (nSPS) is 15.8. The molecule has 2 aromatic carbocycles. The number of allylic oxidation sites excluding steroid dienone is 2. The molecule has 166 valence electrons. The number of para-hydroxylation sites is 2. The third kappa shape index (κ3) is 4.93. The molecule has 1 heterocycles. The van der Waals surface area contributed by atoms with Crippen LogP contribution in [0.3, 0.4) is 0 Å². The van der Waals surface area contributed by atoms with Gasteiger partial charge in [-0.3, -0.25) is 4.79 Å². The number of carbonyl (C=O) groups excluding carboxylic acids is 1. The standard InChI is InChI=1S/C24H23ClFN3O2S/c1-4-11-32-24-17(13-27)22(16-10-9-15(25)12-18(16)26)21(14(2)28-24)23(30)29-19-7-5-6-8-20(19)31-3/h5-10,12,22,28H,4,11H2,1-3H3,(H,29,30). The van der Waals surface area contributed by atoms with E-state index in [0.717, 1.165) is 12.2 Å². The van der Waals surface area contributed by atoms with Crippen LogP contribution in [0.2, 0.25) is 5.02 Å². The maximum atomic E-state index is 15.0. The fourth-order valence-electron chi connectivity index (χ4n) is 3.52. The number of nitriles is 1. The number of ether oxygens (including phenoxy) is 1. The molecule has 0 fully saturated rings. The molecular weight excluding hydrogens is 449 g/mol. The highest BCUT2D eigenvalue weighted by Gasteiger charge is 2.36. The number of rotatable bonds is 7. The van der Waals surface area contributed by atoms with Crippen molar-refractivity contribution in [1.82, 2.24) is 5.32 Å². The smallest absolute Gasteiger partial charge is 0.254 e. The SMILES string of the molecule is CCCSC1=C(C#N)C(c2ccc(Cl)cc2F)C(C(=O)Nc2ccccc2OC)=C(C)N1. The van der Waals surface area contributed by atoms with Crippen molar-refractivity contribution >= 4 is 35.0 Å². The Hall–Kier alpha value is -2.95. The van der Waals surface area contributed by atoms with E-state index in [-0.39, 0.29) is 16.2 Å². The lowest BCUT2D eigenvalue weighted by molar-refractivity contribution is -0.113. The lowest BCUT2D eigenvalue weighted by atomic mass is 9.82. The van der Waals surface area contributed by atoms with Crippen molar-refractivity contribution in [3.8, 4) is 11.8 Å². The monoisotopic (exact) mass is 471 g/mol. The fourth-order valence-corrected chi connectivity index (χ4v) is 4.63. The number of thioether (sulfide) groups is 1. The van der Waals surface area contributed by atoms with E-state index in [9.17, 15) is 10.1 Å². The molecule has 0 aromatic heterocycles. The first-order valence-electron chi connectivity index (χ1n) is 10.0. The van der Waals surface area contributed by atoms with Crippen LogP contribution < -0.4 is 15.4 Å². The molecule has 1 aliphatic heterocycles. The Morgan fingerprint density at radius 2 is 2.09 bits per heavy atom. The second kappa shape index (κ2) is 10.6. The summed E-state index contributed by atoms with van der Waals surface area (Å²) < 4.78 is 20.3. The van der Waals surface area contributed by atoms with Gasteiger partial charge in [-0.25, -0.2) is 4.39 Å². The zero-order chi connectivity index (χ0) is 23.3. The van der Waals surface area contributed by atoms with E-state index < -0.39 is 17.6 Å². The van der Waals surface area contributed by atoms with Gasteiger partial charge in [0.2, 0.25) is 0 Å². The van der Waals surface area contributed by atoms with Gasteiger partial charge in [-0.1, -0.05) is 36.7 Å². The van der Waals surface area contributed by atoms with Crippen LogP contribution in [-0.2, 0) is 4.79 Å². The van der Waals surface area contributed by atoms with Crippen LogP contribution in [-0.4, -0.2) is 18.8 Å². The second-order valence-electron chi connectivity index (χ2n) is 7.12. The molecule has 1 aliphatic rings. The first-order chi connectivity index (χ1) is 15.4. The van der Waals surface area contributed by atoms with Gasteiger partial charge in [0, 0.05) is 21.9 Å². The van der Waals surface area contributed by atoms with E-state index in [1.54, 1.807) is 37.3 Å². The van der Waals surface area contributed by atoms with E-state index in [0.29, 0.717) is 27.7 Å². The quantitative estimate of drug-likeness (QED) is 0.520. The number of nitrogens with zero attached hydrogens (tertiary/aromatic N) is 1. The van der Waals surface area contributed by atoms with E-state index in [4.69, 9.17) is 16.3 Å². The summed E-state index contributed by atoms with van der Waals surface area (Å²) in [6, 6.07) is 13.5. The number of halogens is 2. The predicted molar refractivity (Wildman–Crippen MR) is 127 cm³/mol. The molecule has 1 atom stereocenters. The third-order valence-electron chi connectivity index (χ3n) is 4.97. The Bertz CT molecular complexity index is 1140. The van der Waals surface area contributed by atoms with E-state index in [1.807, 2.05) is 6.92 Å². The summed E-state index contributed by atoms with van der Waals surface area (Å²) in [5.41, 5.74) is 1.79. The number of amides is 1. The molecule has 0 saturated heterocycles. The van der Waals surface area contributed by atoms with Crippen molar-refractivity contribution in [3.63, 3.8) is 0 Å². The van der Waals surface area contributed by atoms with Crippen LogP contribution in [0.1, 0.15) is 31.7 Å². The Labute approximate surface area is 196 Å². The number of hydrogen-bond donors (Lipinski definition) is 2. The van der Waals surface area contributed by atoms with Crippen molar-refractivity contribution in [1.29, 1.82) is 5.26 Å². The van der Waals surface area contributed by atoms with Gasteiger partial charge in [-0.05, 0) is 43.4 Å². The largest absolute Gasteiger partial charge is 0.495 e. The zero-order valence-corrected chi connectivity index (χ0v) is 19.5. The molecule has 1 amide bonds. The molecule has 0 aliphatic carbocycles. The molecule has 32 heavy (non-hydrogen) atoms. The van der Waals surface area contributed by atoms with Crippen LogP contribution in [0.4, 0.5) is 10.1 Å². The van der Waals surface area contributed by atoms with E-state index in [1.165, 1.54) is 31.0 Å². The molecule has 0 spiro atoms. The van der Waals surface area contributed by atoms with Gasteiger partial charge in [-0.15, -0.1) is 11.8 Å². The maximum absolute atomic E-state index is 15.0. The van der Waals surface area contributed by atoms with Crippen molar-refractivity contribution < 1.29 is 13.9 Å². The molecular formula is C24H23ClFN3O2S. The first kappa shape index (κ1) is 23.7. The van der Waals surface area contributed by atoms with E-state index >= 15 is 4.39 Å². The number of nitrogens with one attached hydrogen (secondary N) is 2. The molecule has 2 N–H and O–H groups in total. The summed E-state index contributed by atoms with van der Waals surface area (Å²) >= 11 is 7.43. The molecule has 1 unspecified atom stereocenters. The van der Waals surface area contributed by atoms with Gasteiger partial charge in [0.1, 0.15) is 11.6 Å². The van der Waals surface area contributed by atoms with Crippen molar-refractivity contribution in [3.05, 3.63) is 80.7 Å². The molecule has 0 bridgehead atoms. The summed E-state index contributed by atoms with van der Waals surface area (Å²) in [5, 5.41) is 16.9. The first-order valence-corrected chi connectivity index (χ1v) is 11.4. The molecule has 2 aromatic rings. The van der Waals surface area contributed by atoms with Crippen molar-refractivity contribution in [2.75, 3.05) is 18.2 Å². The molecule has 0 saturated carbocycles. The van der Waals surface area contributed by atoms with Crippen LogP contribution in [0, 0.1) is 17.1 Å². The Balaban J connectivity index is 2.11. The van der Waals surface area contributed by atoms with Crippen molar-refractivity contribution in [2.45, 2.75) is 26.2 Å². The second-order valence-corrected chi connectivity index (χ2v) is 8.66. The summed E-state index contributed by atoms with van der Waals surface area (Å²) in [5.74, 6) is -0.641. The Kier molecular flexibility index (Phi) is 7.84. The average Bonchev–Trinajstić information content (AvgIpc) is 2.77.